The van der Waals surface area contributed by atoms with Crippen LogP contribution in [-0.4, -0.2) is 47.1 Å². The number of nitrogens with zero attached hydrogens (tertiary/aromatic N) is 1. The third kappa shape index (κ3) is 3.12. The first-order valence-electron chi connectivity index (χ1n) is 6.35. The van der Waals surface area contributed by atoms with Gasteiger partial charge in [0.05, 0.1) is 6.10 Å². The molecule has 0 aromatic heterocycles. The Labute approximate surface area is 112 Å². The maximum Gasteiger partial charge on any atom is 0.254 e. The highest BCUT2D eigenvalue weighted by Gasteiger charge is 2.29. The second kappa shape index (κ2) is 5.40. The summed E-state index contributed by atoms with van der Waals surface area (Å²) < 4.78 is 0. The maximum absolute atomic E-state index is 11.9. The fourth-order valence-electron chi connectivity index (χ4n) is 1.91. The van der Waals surface area contributed by atoms with Gasteiger partial charge in [-0.15, -0.1) is 0 Å². The van der Waals surface area contributed by atoms with E-state index in [4.69, 9.17) is 5.11 Å². The van der Waals surface area contributed by atoms with Crippen molar-refractivity contribution in [1.29, 1.82) is 0 Å². The number of carbonyl (C=O) groups is 2. The van der Waals surface area contributed by atoms with Crippen molar-refractivity contribution in [3.8, 4) is 0 Å². The van der Waals surface area contributed by atoms with Gasteiger partial charge in [-0.25, -0.2) is 0 Å². The summed E-state index contributed by atoms with van der Waals surface area (Å²) in [6.45, 7) is 4.55. The number of aliphatic hydroxyl groups excluding tert-OH is 1. The highest BCUT2D eigenvalue weighted by Crippen LogP contribution is 2.14. The van der Waals surface area contributed by atoms with Crippen LogP contribution in [0.25, 0.3) is 0 Å². The van der Waals surface area contributed by atoms with Crippen LogP contribution in [0.4, 0.5) is 0 Å². The molecule has 1 aromatic carbocycles. The first-order chi connectivity index (χ1) is 8.97. The Kier molecular flexibility index (Phi) is 3.85. The summed E-state index contributed by atoms with van der Waals surface area (Å²) in [5, 5.41) is 12.0. The van der Waals surface area contributed by atoms with E-state index in [1.54, 1.807) is 29.2 Å². The second-order valence-electron chi connectivity index (χ2n) is 5.07. The zero-order valence-electron chi connectivity index (χ0n) is 11.1. The third-order valence-electron chi connectivity index (χ3n) is 2.96. The Morgan fingerprint density at radius 1 is 1.21 bits per heavy atom. The largest absolute Gasteiger partial charge is 0.389 e. The molecule has 0 radical (unpaired) electrons. The van der Waals surface area contributed by atoms with E-state index in [0.29, 0.717) is 24.2 Å². The van der Waals surface area contributed by atoms with Gasteiger partial charge in [0, 0.05) is 30.3 Å². The van der Waals surface area contributed by atoms with E-state index in [1.807, 2.05) is 13.8 Å². The van der Waals surface area contributed by atoms with Crippen LogP contribution in [0.5, 0.6) is 0 Å². The molecule has 1 aliphatic rings. The first kappa shape index (κ1) is 13.5. The van der Waals surface area contributed by atoms with Gasteiger partial charge in [0.25, 0.3) is 11.8 Å². The molecule has 1 fully saturated rings. The zero-order chi connectivity index (χ0) is 14.0. The Morgan fingerprint density at radius 3 is 2.21 bits per heavy atom. The molecule has 2 rings (SSSR count). The SMILES string of the molecule is CC(C)NC(=O)c1ccc(C(=O)N2CC(O)C2)cc1. The smallest absolute Gasteiger partial charge is 0.254 e. The highest BCUT2D eigenvalue weighted by atomic mass is 16.3. The third-order valence-corrected chi connectivity index (χ3v) is 2.96. The minimum atomic E-state index is -0.403. The van der Waals surface area contributed by atoms with Crippen LogP contribution in [0.1, 0.15) is 34.6 Å². The van der Waals surface area contributed by atoms with Gasteiger partial charge in [-0.3, -0.25) is 9.59 Å². The van der Waals surface area contributed by atoms with E-state index in [1.165, 1.54) is 0 Å². The molecule has 2 amide bonds. The summed E-state index contributed by atoms with van der Waals surface area (Å²) in [6, 6.07) is 6.64. The summed E-state index contributed by atoms with van der Waals surface area (Å²) in [5.41, 5.74) is 1.07. The molecular weight excluding hydrogens is 244 g/mol. The summed E-state index contributed by atoms with van der Waals surface area (Å²) in [7, 11) is 0. The number of benzene rings is 1. The van der Waals surface area contributed by atoms with Gasteiger partial charge in [-0.2, -0.15) is 0 Å². The Hall–Kier alpha value is -1.88. The molecule has 0 bridgehead atoms. The number of carbonyl (C=O) groups excluding carboxylic acids is 2. The molecule has 0 unspecified atom stereocenters. The van der Waals surface area contributed by atoms with E-state index >= 15 is 0 Å². The molecule has 1 aliphatic heterocycles. The van der Waals surface area contributed by atoms with Crippen LogP contribution >= 0.6 is 0 Å². The van der Waals surface area contributed by atoms with E-state index in [2.05, 4.69) is 5.32 Å². The average Bonchev–Trinajstić information content (AvgIpc) is 2.33. The predicted octanol–water partition coefficient (Wildman–Crippen LogP) is 0.641. The van der Waals surface area contributed by atoms with Crippen molar-refractivity contribution in [3.05, 3.63) is 35.4 Å². The molecule has 0 saturated carbocycles. The van der Waals surface area contributed by atoms with E-state index < -0.39 is 6.10 Å². The average molecular weight is 262 g/mol. The molecule has 0 atom stereocenters. The van der Waals surface area contributed by atoms with Crippen molar-refractivity contribution >= 4 is 11.8 Å². The Balaban J connectivity index is 2.02. The van der Waals surface area contributed by atoms with Crippen LogP contribution in [0.3, 0.4) is 0 Å². The summed E-state index contributed by atoms with van der Waals surface area (Å²) in [4.78, 5) is 25.3. The molecule has 1 heterocycles. The lowest BCUT2D eigenvalue weighted by Gasteiger charge is -2.35. The number of β-amino-alcohol motifs (C(OH)–C–C–N with tert-alkyl or cyclic N) is 1. The molecule has 19 heavy (non-hydrogen) atoms. The number of aliphatic hydroxyl groups is 1. The summed E-state index contributed by atoms with van der Waals surface area (Å²) >= 11 is 0. The van der Waals surface area contributed by atoms with Crippen molar-refractivity contribution in [2.75, 3.05) is 13.1 Å². The lowest BCUT2D eigenvalue weighted by molar-refractivity contribution is 0.00589. The molecule has 5 nitrogen and oxygen atoms in total. The van der Waals surface area contributed by atoms with Gasteiger partial charge in [-0.05, 0) is 38.1 Å². The Bertz CT molecular complexity index is 476. The molecule has 102 valence electrons. The minimum absolute atomic E-state index is 0.0800. The van der Waals surface area contributed by atoms with Crippen molar-refractivity contribution in [3.63, 3.8) is 0 Å². The summed E-state index contributed by atoms with van der Waals surface area (Å²) in [6.07, 6.45) is -0.403. The van der Waals surface area contributed by atoms with Gasteiger partial charge in [0.2, 0.25) is 0 Å². The molecular formula is C14H18N2O3. The van der Waals surface area contributed by atoms with E-state index in [9.17, 15) is 9.59 Å². The topological polar surface area (TPSA) is 69.6 Å². The lowest BCUT2D eigenvalue weighted by Crippen LogP contribution is -2.53. The molecule has 1 aromatic rings. The highest BCUT2D eigenvalue weighted by molar-refractivity contribution is 5.98. The van der Waals surface area contributed by atoms with E-state index in [0.717, 1.165) is 0 Å². The molecule has 0 spiro atoms. The fourth-order valence-corrected chi connectivity index (χ4v) is 1.91. The van der Waals surface area contributed by atoms with Gasteiger partial charge in [0.15, 0.2) is 0 Å². The summed E-state index contributed by atoms with van der Waals surface area (Å²) in [5.74, 6) is -0.255. The van der Waals surface area contributed by atoms with Crippen LogP contribution in [0.2, 0.25) is 0 Å². The van der Waals surface area contributed by atoms with Crippen LogP contribution < -0.4 is 5.32 Å². The fraction of sp³-hybridized carbons (Fsp3) is 0.429. The molecule has 5 heteroatoms. The van der Waals surface area contributed by atoms with Gasteiger partial charge in [0.1, 0.15) is 0 Å². The van der Waals surface area contributed by atoms with Crippen LogP contribution in [-0.2, 0) is 0 Å². The zero-order valence-corrected chi connectivity index (χ0v) is 11.1. The monoisotopic (exact) mass is 262 g/mol. The number of likely N-dealkylation sites (tertiary alicyclic amines) is 1. The quantitative estimate of drug-likeness (QED) is 0.840. The normalized spacial score (nSPS) is 15.3. The molecule has 2 N–H and O–H groups in total. The van der Waals surface area contributed by atoms with Crippen molar-refractivity contribution < 1.29 is 14.7 Å². The van der Waals surface area contributed by atoms with Crippen LogP contribution in [0.15, 0.2) is 24.3 Å². The molecule has 1 saturated heterocycles. The lowest BCUT2D eigenvalue weighted by atomic mass is 10.1. The first-order valence-corrected chi connectivity index (χ1v) is 6.35. The number of nitrogens with one attached hydrogen (secondary N) is 1. The number of hydrogen-bond donors (Lipinski definition) is 2. The Morgan fingerprint density at radius 2 is 1.74 bits per heavy atom. The van der Waals surface area contributed by atoms with Gasteiger partial charge < -0.3 is 15.3 Å². The predicted molar refractivity (Wildman–Crippen MR) is 71.0 cm³/mol. The number of amides is 2. The number of hydrogen-bond acceptors (Lipinski definition) is 3. The molecule has 0 aliphatic carbocycles. The van der Waals surface area contributed by atoms with Crippen molar-refractivity contribution in [2.24, 2.45) is 0 Å². The number of rotatable bonds is 3. The standard InChI is InChI=1S/C14H18N2O3/c1-9(2)15-13(18)10-3-5-11(6-4-10)14(19)16-7-12(17)8-16/h3-6,9,12,17H,7-8H2,1-2H3,(H,15,18). The van der Waals surface area contributed by atoms with Crippen molar-refractivity contribution in [1.82, 2.24) is 10.2 Å². The van der Waals surface area contributed by atoms with Crippen molar-refractivity contribution in [2.45, 2.75) is 26.0 Å². The van der Waals surface area contributed by atoms with Gasteiger partial charge in [-0.1, -0.05) is 0 Å². The van der Waals surface area contributed by atoms with Crippen LogP contribution in [0, 0.1) is 0 Å². The second-order valence-corrected chi connectivity index (χ2v) is 5.07. The maximum atomic E-state index is 11.9. The van der Waals surface area contributed by atoms with Gasteiger partial charge >= 0.3 is 0 Å². The minimum Gasteiger partial charge on any atom is -0.389 e. The van der Waals surface area contributed by atoms with E-state index in [-0.39, 0.29) is 17.9 Å².